The van der Waals surface area contributed by atoms with Gasteiger partial charge in [0.1, 0.15) is 0 Å². The summed E-state index contributed by atoms with van der Waals surface area (Å²) in [5.41, 5.74) is 0.813. The van der Waals surface area contributed by atoms with Crippen LogP contribution >= 0.6 is 0 Å². The van der Waals surface area contributed by atoms with E-state index < -0.39 is 23.3 Å². The van der Waals surface area contributed by atoms with Gasteiger partial charge in [-0.2, -0.15) is 18.3 Å². The molecule has 1 amide bonds. The maximum Gasteiger partial charge on any atom is 0.434 e. The molecule has 0 bridgehead atoms. The topological polar surface area (TPSA) is 46.9 Å². The number of nitrogens with one attached hydrogen (secondary N) is 1. The standard InChI is InChI=1S/C21H20F3N3O/c1-3-6-15-9-11-16(12-10-15)26-20(28)17-13-25-27(19(17)21(22,23)24)18-8-5-4-7-14(18)2/h4-5,7-13H,3,6H2,1-2H3,(H,26,28). The van der Waals surface area contributed by atoms with Crippen LogP contribution in [0.25, 0.3) is 5.69 Å². The largest absolute Gasteiger partial charge is 0.434 e. The highest BCUT2D eigenvalue weighted by Crippen LogP contribution is 2.34. The molecule has 0 aliphatic carbocycles. The minimum absolute atomic E-state index is 0.276. The lowest BCUT2D eigenvalue weighted by Gasteiger charge is -2.14. The maximum atomic E-state index is 13.8. The van der Waals surface area contributed by atoms with Crippen molar-refractivity contribution >= 4 is 11.6 Å². The molecule has 0 saturated heterocycles. The van der Waals surface area contributed by atoms with E-state index in [1.807, 2.05) is 12.1 Å². The fourth-order valence-electron chi connectivity index (χ4n) is 3.01. The molecule has 1 aromatic heterocycles. The van der Waals surface area contributed by atoms with Crippen LogP contribution in [0.4, 0.5) is 18.9 Å². The molecule has 3 aromatic rings. The second kappa shape index (κ2) is 7.88. The molecule has 0 aliphatic heterocycles. The SMILES string of the molecule is CCCc1ccc(NC(=O)c2cnn(-c3ccccc3C)c2C(F)(F)F)cc1. The maximum absolute atomic E-state index is 13.8. The summed E-state index contributed by atoms with van der Waals surface area (Å²) >= 11 is 0. The minimum atomic E-state index is -4.74. The van der Waals surface area contributed by atoms with Crippen molar-refractivity contribution in [3.8, 4) is 5.69 Å². The number of hydrogen-bond donors (Lipinski definition) is 1. The number of benzene rings is 2. The monoisotopic (exact) mass is 387 g/mol. The number of nitrogens with zero attached hydrogens (tertiary/aromatic N) is 2. The third-order valence-electron chi connectivity index (χ3n) is 4.38. The quantitative estimate of drug-likeness (QED) is 0.637. The van der Waals surface area contributed by atoms with Gasteiger partial charge in [0.05, 0.1) is 17.4 Å². The Bertz CT molecular complexity index is 975. The first-order valence-electron chi connectivity index (χ1n) is 8.92. The van der Waals surface area contributed by atoms with Crippen molar-refractivity contribution in [2.45, 2.75) is 32.9 Å². The lowest BCUT2D eigenvalue weighted by Crippen LogP contribution is -2.21. The predicted molar refractivity (Wildman–Crippen MR) is 102 cm³/mol. The van der Waals surface area contributed by atoms with Gasteiger partial charge >= 0.3 is 6.18 Å². The predicted octanol–water partition coefficient (Wildman–Crippen LogP) is 5.40. The van der Waals surface area contributed by atoms with Gasteiger partial charge in [-0.25, -0.2) is 4.68 Å². The molecule has 146 valence electrons. The normalized spacial score (nSPS) is 11.5. The van der Waals surface area contributed by atoms with Crippen molar-refractivity contribution in [2.24, 2.45) is 0 Å². The Labute approximate surface area is 161 Å². The van der Waals surface area contributed by atoms with Gasteiger partial charge in [-0.15, -0.1) is 0 Å². The molecule has 0 fully saturated rings. The van der Waals surface area contributed by atoms with E-state index in [1.165, 1.54) is 6.07 Å². The number of carbonyl (C=O) groups excluding carboxylic acids is 1. The van der Waals surface area contributed by atoms with Gasteiger partial charge in [0.2, 0.25) is 0 Å². The van der Waals surface area contributed by atoms with Gasteiger partial charge in [0.15, 0.2) is 5.69 Å². The Hall–Kier alpha value is -3.09. The molecule has 0 spiro atoms. The Kier molecular flexibility index (Phi) is 5.53. The molecule has 0 aliphatic rings. The zero-order valence-corrected chi connectivity index (χ0v) is 15.5. The fourth-order valence-corrected chi connectivity index (χ4v) is 3.01. The summed E-state index contributed by atoms with van der Waals surface area (Å²) in [7, 11) is 0. The number of alkyl halides is 3. The van der Waals surface area contributed by atoms with E-state index in [0.717, 1.165) is 29.3 Å². The highest BCUT2D eigenvalue weighted by atomic mass is 19.4. The van der Waals surface area contributed by atoms with Crippen LogP contribution in [0.5, 0.6) is 0 Å². The van der Waals surface area contributed by atoms with Crippen LogP contribution in [0, 0.1) is 6.92 Å². The number of hydrogen-bond acceptors (Lipinski definition) is 2. The molecule has 28 heavy (non-hydrogen) atoms. The number of carbonyl (C=O) groups is 1. The second-order valence-corrected chi connectivity index (χ2v) is 6.50. The number of para-hydroxylation sites is 1. The number of aryl methyl sites for hydroxylation is 2. The number of aromatic nitrogens is 2. The van der Waals surface area contributed by atoms with Gasteiger partial charge < -0.3 is 5.32 Å². The smallest absolute Gasteiger partial charge is 0.322 e. The number of amides is 1. The van der Waals surface area contributed by atoms with Crippen LogP contribution in [0.15, 0.2) is 54.7 Å². The Balaban J connectivity index is 1.95. The molecular formula is C21H20F3N3O. The number of anilines is 1. The molecule has 1 N–H and O–H groups in total. The van der Waals surface area contributed by atoms with E-state index in [2.05, 4.69) is 17.3 Å². The van der Waals surface area contributed by atoms with Crippen LogP contribution in [-0.2, 0) is 12.6 Å². The summed E-state index contributed by atoms with van der Waals surface area (Å²) in [6, 6.07) is 13.6. The summed E-state index contributed by atoms with van der Waals surface area (Å²) in [6.45, 7) is 3.75. The molecule has 1 heterocycles. The van der Waals surface area contributed by atoms with Gasteiger partial charge in [0.25, 0.3) is 5.91 Å². The minimum Gasteiger partial charge on any atom is -0.322 e. The van der Waals surface area contributed by atoms with Crippen LogP contribution in [0.1, 0.15) is 40.5 Å². The number of halogens is 3. The van der Waals surface area contributed by atoms with Crippen LogP contribution < -0.4 is 5.32 Å². The van der Waals surface area contributed by atoms with Crippen molar-refractivity contribution < 1.29 is 18.0 Å². The summed E-state index contributed by atoms with van der Waals surface area (Å²) < 4.78 is 42.0. The van der Waals surface area contributed by atoms with E-state index in [-0.39, 0.29) is 5.69 Å². The molecule has 0 unspecified atom stereocenters. The average molecular weight is 387 g/mol. The molecule has 7 heteroatoms. The fraction of sp³-hybridized carbons (Fsp3) is 0.238. The lowest BCUT2D eigenvalue weighted by molar-refractivity contribution is -0.143. The van der Waals surface area contributed by atoms with Crippen molar-refractivity contribution in [3.63, 3.8) is 0 Å². The molecule has 2 aromatic carbocycles. The Morgan fingerprint density at radius 2 is 1.79 bits per heavy atom. The molecule has 4 nitrogen and oxygen atoms in total. The summed E-state index contributed by atoms with van der Waals surface area (Å²) in [6.07, 6.45) is -1.90. The summed E-state index contributed by atoms with van der Waals surface area (Å²) in [4.78, 5) is 12.6. The van der Waals surface area contributed by atoms with Gasteiger partial charge in [0, 0.05) is 5.69 Å². The van der Waals surface area contributed by atoms with Crippen molar-refractivity contribution in [3.05, 3.63) is 77.1 Å². The Morgan fingerprint density at radius 1 is 1.11 bits per heavy atom. The Morgan fingerprint density at radius 3 is 2.39 bits per heavy atom. The van der Waals surface area contributed by atoms with E-state index in [9.17, 15) is 18.0 Å². The molecule has 3 rings (SSSR count). The van der Waals surface area contributed by atoms with Crippen LogP contribution in [-0.4, -0.2) is 15.7 Å². The highest BCUT2D eigenvalue weighted by molar-refractivity contribution is 6.05. The van der Waals surface area contributed by atoms with Crippen LogP contribution in [0.2, 0.25) is 0 Å². The first-order valence-corrected chi connectivity index (χ1v) is 8.92. The van der Waals surface area contributed by atoms with Gasteiger partial charge in [-0.3, -0.25) is 4.79 Å². The van der Waals surface area contributed by atoms with Crippen molar-refractivity contribution in [2.75, 3.05) is 5.32 Å². The highest BCUT2D eigenvalue weighted by Gasteiger charge is 2.40. The molecule has 0 radical (unpaired) electrons. The van der Waals surface area contributed by atoms with Crippen molar-refractivity contribution in [1.29, 1.82) is 0 Å². The van der Waals surface area contributed by atoms with E-state index in [0.29, 0.717) is 11.3 Å². The molecular weight excluding hydrogens is 367 g/mol. The first kappa shape index (κ1) is 19.7. The molecule has 0 saturated carbocycles. The van der Waals surface area contributed by atoms with E-state index in [4.69, 9.17) is 0 Å². The third kappa shape index (κ3) is 4.08. The first-order chi connectivity index (χ1) is 13.3. The summed E-state index contributed by atoms with van der Waals surface area (Å²) in [5, 5.41) is 6.38. The van der Waals surface area contributed by atoms with Crippen LogP contribution in [0.3, 0.4) is 0 Å². The second-order valence-electron chi connectivity index (χ2n) is 6.50. The molecule has 0 atom stereocenters. The lowest BCUT2D eigenvalue weighted by atomic mass is 10.1. The van der Waals surface area contributed by atoms with E-state index in [1.54, 1.807) is 37.3 Å². The zero-order chi connectivity index (χ0) is 20.3. The number of rotatable bonds is 5. The zero-order valence-electron chi connectivity index (χ0n) is 15.5. The third-order valence-corrected chi connectivity index (χ3v) is 4.38. The van der Waals surface area contributed by atoms with Gasteiger partial charge in [-0.1, -0.05) is 43.7 Å². The van der Waals surface area contributed by atoms with Crippen molar-refractivity contribution in [1.82, 2.24) is 9.78 Å². The van der Waals surface area contributed by atoms with Gasteiger partial charge in [-0.05, 0) is 42.7 Å². The van der Waals surface area contributed by atoms with E-state index >= 15 is 0 Å². The summed E-state index contributed by atoms with van der Waals surface area (Å²) in [5.74, 6) is -0.851. The average Bonchev–Trinajstić information content (AvgIpc) is 3.09.